The number of amides is 1. The molecule has 1 N–H and O–H groups in total. The maximum atomic E-state index is 13.6. The molecule has 3 heterocycles. The van der Waals surface area contributed by atoms with Crippen LogP contribution in [0.4, 0.5) is 5.13 Å². The van der Waals surface area contributed by atoms with Gasteiger partial charge in [0.15, 0.2) is 5.13 Å². The van der Waals surface area contributed by atoms with Crippen molar-refractivity contribution < 1.29 is 24.2 Å². The number of Topliss-reactive ketones (excluding diaryl/α,β-unsaturated/α-hetero) is 1. The second-order valence-corrected chi connectivity index (χ2v) is 11.7. The third-order valence-electron chi connectivity index (χ3n) is 7.57. The number of aromatic nitrogens is 1. The minimum atomic E-state index is -0.853. The quantitative estimate of drug-likeness (QED) is 0.105. The predicted molar refractivity (Wildman–Crippen MR) is 161 cm³/mol. The van der Waals surface area contributed by atoms with Crippen molar-refractivity contribution in [3.63, 3.8) is 0 Å². The monoisotopic (exact) mass is 568 g/mol. The number of anilines is 1. The van der Waals surface area contributed by atoms with Crippen molar-refractivity contribution in [2.45, 2.75) is 58.6 Å². The van der Waals surface area contributed by atoms with E-state index in [0.29, 0.717) is 35.0 Å². The van der Waals surface area contributed by atoms with Crippen LogP contribution in [0.15, 0.2) is 66.2 Å². The van der Waals surface area contributed by atoms with Crippen LogP contribution in [0.25, 0.3) is 16.0 Å². The molecular formula is C33H32N2O5S. The number of benzene rings is 3. The largest absolute Gasteiger partial charge is 0.507 e. The van der Waals surface area contributed by atoms with Crippen molar-refractivity contribution in [2.75, 3.05) is 11.5 Å². The Bertz CT molecular complexity index is 1670. The van der Waals surface area contributed by atoms with E-state index < -0.39 is 17.7 Å². The van der Waals surface area contributed by atoms with Gasteiger partial charge in [-0.3, -0.25) is 14.5 Å². The van der Waals surface area contributed by atoms with Crippen LogP contribution in [-0.2, 0) is 16.0 Å². The topological polar surface area (TPSA) is 89.0 Å². The Hall–Kier alpha value is -4.17. The van der Waals surface area contributed by atoms with E-state index in [1.54, 1.807) is 12.1 Å². The molecule has 0 saturated carbocycles. The van der Waals surface area contributed by atoms with E-state index in [9.17, 15) is 14.7 Å². The number of hydrogen-bond donors (Lipinski definition) is 1. The molecule has 0 bridgehead atoms. The Morgan fingerprint density at radius 1 is 1.10 bits per heavy atom. The van der Waals surface area contributed by atoms with Crippen LogP contribution in [0.3, 0.4) is 0 Å². The molecule has 0 aliphatic carbocycles. The fourth-order valence-electron chi connectivity index (χ4n) is 5.48. The smallest absolute Gasteiger partial charge is 0.301 e. The van der Waals surface area contributed by atoms with Gasteiger partial charge in [-0.1, -0.05) is 49.3 Å². The van der Waals surface area contributed by atoms with Gasteiger partial charge in [0.2, 0.25) is 0 Å². The molecule has 1 amide bonds. The molecule has 1 saturated heterocycles. The van der Waals surface area contributed by atoms with Gasteiger partial charge < -0.3 is 14.6 Å². The van der Waals surface area contributed by atoms with E-state index in [4.69, 9.17) is 14.5 Å². The number of ether oxygens (including phenoxy) is 2. The molecular weight excluding hydrogens is 536 g/mol. The minimum absolute atomic E-state index is 0.0361. The first-order valence-electron chi connectivity index (χ1n) is 14.0. The summed E-state index contributed by atoms with van der Waals surface area (Å²) < 4.78 is 12.6. The number of fused-ring (bicyclic) bond motifs is 2. The molecule has 2 aliphatic rings. The molecule has 2 aliphatic heterocycles. The molecule has 210 valence electrons. The molecule has 4 aromatic rings. The number of hydrogen-bond acceptors (Lipinski definition) is 7. The lowest BCUT2D eigenvalue weighted by Crippen LogP contribution is -2.29. The highest BCUT2D eigenvalue weighted by molar-refractivity contribution is 7.22. The molecule has 6 rings (SSSR count). The number of carbonyl (C=O) groups excluding carboxylic acids is 2. The van der Waals surface area contributed by atoms with Crippen LogP contribution >= 0.6 is 11.3 Å². The summed E-state index contributed by atoms with van der Waals surface area (Å²) in [6.07, 6.45) is 3.93. The Balaban J connectivity index is 1.44. The lowest BCUT2D eigenvalue weighted by atomic mass is 9.94. The van der Waals surface area contributed by atoms with Gasteiger partial charge in [-0.2, -0.15) is 0 Å². The van der Waals surface area contributed by atoms with Gasteiger partial charge in [-0.05, 0) is 79.4 Å². The fourth-order valence-corrected chi connectivity index (χ4v) is 6.57. The molecule has 1 fully saturated rings. The number of aliphatic hydroxyl groups excluding tert-OH is 1. The molecule has 0 radical (unpaired) electrons. The highest BCUT2D eigenvalue weighted by atomic mass is 32.1. The normalized spacial score (nSPS) is 19.5. The highest BCUT2D eigenvalue weighted by Gasteiger charge is 2.48. The van der Waals surface area contributed by atoms with Gasteiger partial charge in [0.1, 0.15) is 23.4 Å². The van der Waals surface area contributed by atoms with Crippen molar-refractivity contribution in [1.29, 1.82) is 0 Å². The van der Waals surface area contributed by atoms with Gasteiger partial charge in [-0.15, -0.1) is 0 Å². The maximum Gasteiger partial charge on any atom is 0.301 e. The van der Waals surface area contributed by atoms with Crippen LogP contribution in [0.1, 0.15) is 61.4 Å². The fraction of sp³-hybridized carbons (Fsp3) is 0.303. The summed E-state index contributed by atoms with van der Waals surface area (Å²) in [7, 11) is 0. The summed E-state index contributed by atoms with van der Waals surface area (Å²) in [5.41, 5.74) is 3.98. The standard InChI is InChI=1S/C33H32N2O5S/c1-4-5-6-15-39-24-11-8-21(9-12-24)29-28(30(36)22-10-14-26-23(18-22)17-20(3)40-26)31(37)32(38)35(29)33-34-25-13-7-19(2)16-27(25)41-33/h7-14,16,18,20,29,36H,4-6,15,17H2,1-3H3. The van der Waals surface area contributed by atoms with E-state index in [-0.39, 0.29) is 17.4 Å². The first kappa shape index (κ1) is 27.0. The average molecular weight is 569 g/mol. The summed E-state index contributed by atoms with van der Waals surface area (Å²) >= 11 is 1.35. The lowest BCUT2D eigenvalue weighted by Gasteiger charge is -2.23. The van der Waals surface area contributed by atoms with Crippen molar-refractivity contribution >= 4 is 44.1 Å². The summed E-state index contributed by atoms with van der Waals surface area (Å²) in [6.45, 7) is 6.76. The van der Waals surface area contributed by atoms with E-state index in [2.05, 4.69) is 6.92 Å². The summed E-state index contributed by atoms with van der Waals surface area (Å²) in [4.78, 5) is 33.4. The lowest BCUT2D eigenvalue weighted by molar-refractivity contribution is -0.132. The third kappa shape index (κ3) is 5.08. The molecule has 3 aromatic carbocycles. The van der Waals surface area contributed by atoms with Crippen molar-refractivity contribution in [1.82, 2.24) is 4.98 Å². The van der Waals surface area contributed by atoms with Crippen molar-refractivity contribution in [2.24, 2.45) is 0 Å². The zero-order valence-corrected chi connectivity index (χ0v) is 24.2. The third-order valence-corrected chi connectivity index (χ3v) is 8.58. The predicted octanol–water partition coefficient (Wildman–Crippen LogP) is 7.12. The van der Waals surface area contributed by atoms with E-state index >= 15 is 0 Å². The van der Waals surface area contributed by atoms with E-state index in [1.807, 2.05) is 62.4 Å². The van der Waals surface area contributed by atoms with Crippen LogP contribution in [0.5, 0.6) is 11.5 Å². The second kappa shape index (κ2) is 11.0. The van der Waals surface area contributed by atoms with E-state index in [0.717, 1.165) is 46.4 Å². The molecule has 8 heteroatoms. The number of aliphatic hydroxyl groups is 1. The number of ketones is 1. The van der Waals surface area contributed by atoms with E-state index in [1.165, 1.54) is 16.2 Å². The van der Waals surface area contributed by atoms with Gasteiger partial charge in [-0.25, -0.2) is 4.98 Å². The highest BCUT2D eigenvalue weighted by Crippen LogP contribution is 2.45. The van der Waals surface area contributed by atoms with Gasteiger partial charge in [0.05, 0.1) is 28.4 Å². The van der Waals surface area contributed by atoms with Crippen LogP contribution in [0, 0.1) is 6.92 Å². The zero-order valence-electron chi connectivity index (χ0n) is 23.3. The Morgan fingerprint density at radius 2 is 1.90 bits per heavy atom. The SMILES string of the molecule is CCCCCOc1ccc(C2C(=C(O)c3ccc4c(c3)CC(C)O4)C(=O)C(=O)N2c2nc3ccc(C)cc3s2)cc1. The van der Waals surface area contributed by atoms with Gasteiger partial charge in [0, 0.05) is 12.0 Å². The molecule has 41 heavy (non-hydrogen) atoms. The number of carbonyl (C=O) groups is 2. The number of thiazole rings is 1. The minimum Gasteiger partial charge on any atom is -0.507 e. The van der Waals surface area contributed by atoms with Gasteiger partial charge in [0.25, 0.3) is 5.78 Å². The average Bonchev–Trinajstić information content (AvgIpc) is 3.63. The molecule has 2 unspecified atom stereocenters. The van der Waals surface area contributed by atoms with Crippen molar-refractivity contribution in [3.8, 4) is 11.5 Å². The van der Waals surface area contributed by atoms with Gasteiger partial charge >= 0.3 is 5.91 Å². The van der Waals surface area contributed by atoms with Crippen LogP contribution < -0.4 is 14.4 Å². The molecule has 1 aromatic heterocycles. The number of aryl methyl sites for hydroxylation is 1. The Morgan fingerprint density at radius 3 is 2.68 bits per heavy atom. The zero-order chi connectivity index (χ0) is 28.7. The maximum absolute atomic E-state index is 13.6. The first-order valence-corrected chi connectivity index (χ1v) is 14.9. The number of nitrogens with zero attached hydrogens (tertiary/aromatic N) is 2. The molecule has 7 nitrogen and oxygen atoms in total. The number of rotatable bonds is 8. The molecule has 0 spiro atoms. The molecule has 2 atom stereocenters. The summed E-state index contributed by atoms with van der Waals surface area (Å²) in [5, 5.41) is 12.0. The van der Waals surface area contributed by atoms with Crippen molar-refractivity contribution in [3.05, 3.63) is 88.5 Å². The first-order chi connectivity index (χ1) is 19.8. The second-order valence-electron chi connectivity index (χ2n) is 10.7. The summed E-state index contributed by atoms with van der Waals surface area (Å²) in [6, 6.07) is 17.8. The summed E-state index contributed by atoms with van der Waals surface area (Å²) in [5.74, 6) is -0.191. The Kier molecular flexibility index (Phi) is 7.26. The van der Waals surface area contributed by atoms with Crippen LogP contribution in [0.2, 0.25) is 0 Å². The number of unbranched alkanes of at least 4 members (excludes halogenated alkanes) is 2. The Labute approximate surface area is 243 Å². The van der Waals surface area contributed by atoms with Crippen LogP contribution in [-0.4, -0.2) is 34.5 Å².